The van der Waals surface area contributed by atoms with Gasteiger partial charge in [0.25, 0.3) is 0 Å². The Hall–Kier alpha value is -0.890. The molecule has 2 rings (SSSR count). The first-order chi connectivity index (χ1) is 10.2. The number of hydrogen-bond donors (Lipinski definition) is 2. The second kappa shape index (κ2) is 7.93. The Bertz CT molecular complexity index is 345. The van der Waals surface area contributed by atoms with Crippen molar-refractivity contribution in [3.05, 3.63) is 0 Å². The highest BCUT2D eigenvalue weighted by Crippen LogP contribution is 2.34. The fourth-order valence-electron chi connectivity index (χ4n) is 3.17. The number of rotatable bonds is 7. The van der Waals surface area contributed by atoms with Gasteiger partial charge in [-0.15, -0.1) is 0 Å². The molecule has 0 radical (unpaired) electrons. The van der Waals surface area contributed by atoms with Gasteiger partial charge in [-0.3, -0.25) is 4.90 Å². The molecule has 2 fully saturated rings. The molecule has 3 N–H and O–H groups in total. The zero-order valence-electron chi connectivity index (χ0n) is 12.8. The van der Waals surface area contributed by atoms with Gasteiger partial charge in [-0.1, -0.05) is 5.16 Å². The minimum atomic E-state index is -0.106. The van der Waals surface area contributed by atoms with E-state index in [9.17, 15) is 0 Å². The van der Waals surface area contributed by atoms with Crippen LogP contribution in [0.3, 0.4) is 0 Å². The molecular formula is C14H27N3O4. The Morgan fingerprint density at radius 2 is 2.33 bits per heavy atom. The average molecular weight is 301 g/mol. The van der Waals surface area contributed by atoms with Gasteiger partial charge in [-0.25, -0.2) is 0 Å². The van der Waals surface area contributed by atoms with Crippen molar-refractivity contribution >= 4 is 5.84 Å². The molecule has 21 heavy (non-hydrogen) atoms. The maximum Gasteiger partial charge on any atom is 0.140 e. The van der Waals surface area contributed by atoms with E-state index in [0.29, 0.717) is 25.7 Å². The van der Waals surface area contributed by atoms with Gasteiger partial charge in [0.1, 0.15) is 5.84 Å². The van der Waals surface area contributed by atoms with Crippen LogP contribution in [-0.2, 0) is 14.2 Å². The number of methoxy groups -OCH3 is 1. The van der Waals surface area contributed by atoms with Crippen LogP contribution in [0, 0.1) is 0 Å². The number of hydrogen-bond acceptors (Lipinski definition) is 6. The largest absolute Gasteiger partial charge is 0.409 e. The van der Waals surface area contributed by atoms with Crippen molar-refractivity contribution in [2.45, 2.75) is 37.3 Å². The minimum Gasteiger partial charge on any atom is -0.409 e. The first kappa shape index (κ1) is 16.5. The topological polar surface area (TPSA) is 89.5 Å². The molecule has 0 aromatic carbocycles. The van der Waals surface area contributed by atoms with Gasteiger partial charge in [0.15, 0.2) is 0 Å². The summed E-state index contributed by atoms with van der Waals surface area (Å²) < 4.78 is 16.7. The van der Waals surface area contributed by atoms with Crippen LogP contribution in [0.2, 0.25) is 0 Å². The highest BCUT2D eigenvalue weighted by molar-refractivity contribution is 5.79. The van der Waals surface area contributed by atoms with E-state index < -0.39 is 0 Å². The molecule has 1 spiro atoms. The number of nitrogens with two attached hydrogens (primary N) is 1. The van der Waals surface area contributed by atoms with E-state index in [1.54, 1.807) is 7.11 Å². The summed E-state index contributed by atoms with van der Waals surface area (Å²) in [7, 11) is 1.71. The van der Waals surface area contributed by atoms with Crippen LogP contribution >= 0.6 is 0 Å². The highest BCUT2D eigenvalue weighted by Gasteiger charge is 2.42. The van der Waals surface area contributed by atoms with Gasteiger partial charge in [0.05, 0.1) is 18.8 Å². The molecule has 122 valence electrons. The zero-order valence-corrected chi connectivity index (χ0v) is 12.8. The SMILES string of the molecule is COCCN(CCC(N)=NO)C1CCOC2(CCOC2)C1. The number of amidine groups is 1. The van der Waals surface area contributed by atoms with Crippen LogP contribution < -0.4 is 5.73 Å². The molecule has 7 nitrogen and oxygen atoms in total. The van der Waals surface area contributed by atoms with Crippen molar-refractivity contribution in [3.63, 3.8) is 0 Å². The van der Waals surface area contributed by atoms with E-state index in [0.717, 1.165) is 45.6 Å². The van der Waals surface area contributed by atoms with Crippen molar-refractivity contribution in [2.24, 2.45) is 10.9 Å². The molecule has 7 heteroatoms. The molecule has 0 aromatic rings. The molecule has 2 heterocycles. The lowest BCUT2D eigenvalue weighted by Crippen LogP contribution is -2.50. The van der Waals surface area contributed by atoms with Crippen LogP contribution in [0.5, 0.6) is 0 Å². The predicted octanol–water partition coefficient (Wildman–Crippen LogP) is 0.409. The quantitative estimate of drug-likeness (QED) is 0.306. The van der Waals surface area contributed by atoms with Gasteiger partial charge in [-0.05, 0) is 12.8 Å². The van der Waals surface area contributed by atoms with Crippen molar-refractivity contribution in [2.75, 3.05) is 46.6 Å². The van der Waals surface area contributed by atoms with Gasteiger partial charge in [0.2, 0.25) is 0 Å². The Morgan fingerprint density at radius 3 is 3.00 bits per heavy atom. The monoisotopic (exact) mass is 301 g/mol. The van der Waals surface area contributed by atoms with Crippen molar-refractivity contribution in [1.29, 1.82) is 0 Å². The lowest BCUT2D eigenvalue weighted by molar-refractivity contribution is -0.107. The van der Waals surface area contributed by atoms with E-state index >= 15 is 0 Å². The standard InChI is InChI=1S/C14H27N3O4/c1-19-9-6-17(5-2-13(15)16-18)12-3-7-21-14(10-12)4-8-20-11-14/h12,18H,2-11H2,1H3,(H2,15,16). The molecule has 2 saturated heterocycles. The predicted molar refractivity (Wildman–Crippen MR) is 78.6 cm³/mol. The van der Waals surface area contributed by atoms with Crippen LogP contribution in [0.1, 0.15) is 25.7 Å². The molecule has 0 bridgehead atoms. The molecule has 2 atom stereocenters. The fourth-order valence-corrected chi connectivity index (χ4v) is 3.17. The minimum absolute atomic E-state index is 0.106. The lowest BCUT2D eigenvalue weighted by atomic mass is 9.88. The first-order valence-electron chi connectivity index (χ1n) is 7.60. The second-order valence-corrected chi connectivity index (χ2v) is 5.85. The average Bonchev–Trinajstić information content (AvgIpc) is 2.94. The summed E-state index contributed by atoms with van der Waals surface area (Å²) in [5.74, 6) is 0.267. The molecule has 0 aromatic heterocycles. The van der Waals surface area contributed by atoms with E-state index in [1.165, 1.54) is 0 Å². The van der Waals surface area contributed by atoms with Crippen LogP contribution in [-0.4, -0.2) is 74.2 Å². The Morgan fingerprint density at radius 1 is 1.48 bits per heavy atom. The van der Waals surface area contributed by atoms with Crippen molar-refractivity contribution < 1.29 is 19.4 Å². The number of nitrogens with zero attached hydrogens (tertiary/aromatic N) is 2. The van der Waals surface area contributed by atoms with Crippen molar-refractivity contribution in [3.8, 4) is 0 Å². The molecule has 2 aliphatic rings. The van der Waals surface area contributed by atoms with Crippen LogP contribution in [0.25, 0.3) is 0 Å². The molecular weight excluding hydrogens is 274 g/mol. The molecule has 2 aliphatic heterocycles. The first-order valence-corrected chi connectivity index (χ1v) is 7.60. The maximum atomic E-state index is 8.68. The van der Waals surface area contributed by atoms with Crippen LogP contribution in [0.4, 0.5) is 0 Å². The summed E-state index contributed by atoms with van der Waals surface area (Å²) in [5.41, 5.74) is 5.49. The number of ether oxygens (including phenoxy) is 3. The normalized spacial score (nSPS) is 30.4. The van der Waals surface area contributed by atoms with E-state index in [1.807, 2.05) is 0 Å². The summed E-state index contributed by atoms with van der Waals surface area (Å²) in [6.45, 7) is 4.53. The second-order valence-electron chi connectivity index (χ2n) is 5.85. The van der Waals surface area contributed by atoms with Gasteiger partial charge in [-0.2, -0.15) is 0 Å². The lowest BCUT2D eigenvalue weighted by Gasteiger charge is -2.42. The summed E-state index contributed by atoms with van der Waals surface area (Å²) in [4.78, 5) is 2.37. The highest BCUT2D eigenvalue weighted by atomic mass is 16.6. The van der Waals surface area contributed by atoms with E-state index in [2.05, 4.69) is 10.1 Å². The summed E-state index contributed by atoms with van der Waals surface area (Å²) in [6, 6.07) is 0.432. The fraction of sp³-hybridized carbons (Fsp3) is 0.929. The summed E-state index contributed by atoms with van der Waals surface area (Å²) >= 11 is 0. The third-order valence-electron chi connectivity index (χ3n) is 4.42. The molecule has 0 saturated carbocycles. The smallest absolute Gasteiger partial charge is 0.140 e. The third-order valence-corrected chi connectivity index (χ3v) is 4.42. The molecule has 0 aliphatic carbocycles. The summed E-state index contributed by atoms with van der Waals surface area (Å²) in [6.07, 6.45) is 3.51. The third kappa shape index (κ3) is 4.54. The van der Waals surface area contributed by atoms with Crippen LogP contribution in [0.15, 0.2) is 5.16 Å². The maximum absolute atomic E-state index is 8.68. The van der Waals surface area contributed by atoms with Gasteiger partial charge in [0, 0.05) is 52.3 Å². The van der Waals surface area contributed by atoms with E-state index in [-0.39, 0.29) is 11.4 Å². The molecule has 2 unspecified atom stereocenters. The number of oxime groups is 1. The van der Waals surface area contributed by atoms with Crippen molar-refractivity contribution in [1.82, 2.24) is 4.90 Å². The van der Waals surface area contributed by atoms with E-state index in [4.69, 9.17) is 25.2 Å². The van der Waals surface area contributed by atoms with Gasteiger partial charge < -0.3 is 25.2 Å². The zero-order chi connectivity index (χ0) is 15.1. The summed E-state index contributed by atoms with van der Waals surface area (Å²) in [5, 5.41) is 11.7. The molecule has 0 amide bonds. The Balaban J connectivity index is 1.94. The Kier molecular flexibility index (Phi) is 6.22. The Labute approximate surface area is 126 Å². The van der Waals surface area contributed by atoms with Gasteiger partial charge >= 0.3 is 0 Å².